The van der Waals surface area contributed by atoms with E-state index in [9.17, 15) is 14.3 Å². The summed E-state index contributed by atoms with van der Waals surface area (Å²) in [5, 5.41) is 14.3. The number of aromatic nitrogens is 3. The minimum absolute atomic E-state index is 0.261. The quantitative estimate of drug-likeness (QED) is 0.493. The van der Waals surface area contributed by atoms with Crippen LogP contribution < -0.4 is 5.32 Å². The number of nitrogens with zero attached hydrogens (tertiary/aromatic N) is 3. The summed E-state index contributed by atoms with van der Waals surface area (Å²) in [5.74, 6) is -0.603. The minimum Gasteiger partial charge on any atom is -0.443 e. The summed E-state index contributed by atoms with van der Waals surface area (Å²) in [6.45, 7) is 3.87. The van der Waals surface area contributed by atoms with Gasteiger partial charge in [-0.25, -0.2) is 14.4 Å². The number of anilines is 1. The number of amides is 1. The van der Waals surface area contributed by atoms with E-state index in [-0.39, 0.29) is 12.3 Å². The van der Waals surface area contributed by atoms with Crippen LogP contribution in [0.15, 0.2) is 41.4 Å². The second-order valence-electron chi connectivity index (χ2n) is 7.94. The van der Waals surface area contributed by atoms with Gasteiger partial charge in [0.1, 0.15) is 17.5 Å². The predicted octanol–water partition coefficient (Wildman–Crippen LogP) is 4.49. The van der Waals surface area contributed by atoms with Gasteiger partial charge in [-0.05, 0) is 43.5 Å². The second kappa shape index (κ2) is 7.39. The first-order valence-electron chi connectivity index (χ1n) is 10.2. The first kappa shape index (κ1) is 19.6. The lowest BCUT2D eigenvalue weighted by Gasteiger charge is -2.13. The third-order valence-corrected chi connectivity index (χ3v) is 5.75. The van der Waals surface area contributed by atoms with Crippen molar-refractivity contribution in [3.8, 4) is 11.1 Å². The number of oxazole rings is 1. The van der Waals surface area contributed by atoms with Gasteiger partial charge in [0.25, 0.3) is 0 Å². The average Bonchev–Trinajstić information content (AvgIpc) is 3.30. The molecule has 7 nitrogen and oxygen atoms in total. The largest absolute Gasteiger partial charge is 0.443 e. The zero-order valence-corrected chi connectivity index (χ0v) is 17.1. The van der Waals surface area contributed by atoms with Crippen molar-refractivity contribution < 1.29 is 18.7 Å². The van der Waals surface area contributed by atoms with Crippen LogP contribution in [-0.4, -0.2) is 32.1 Å². The zero-order valence-electron chi connectivity index (χ0n) is 17.1. The van der Waals surface area contributed by atoms with Crippen LogP contribution in [0.2, 0.25) is 0 Å². The smallest absolute Gasteiger partial charge is 0.231 e. The van der Waals surface area contributed by atoms with E-state index in [0.29, 0.717) is 29.0 Å². The van der Waals surface area contributed by atoms with E-state index in [1.807, 2.05) is 26.0 Å². The Kier molecular flexibility index (Phi) is 4.66. The number of aryl methyl sites for hydroxylation is 1. The Bertz CT molecular complexity index is 1320. The van der Waals surface area contributed by atoms with E-state index in [0.717, 1.165) is 27.5 Å². The standard InChI is InChI=1S/C23H21FN4O3/c1-3-19(29)18-4-11(2)16(9-25-18)14-5-12-8-26-20(28-23(30)15-6-17(15)24)7-13(12)22-21(14)27-10-31-22/h4-5,7-10,15,17,19,29H,3,6H2,1-2H3,(H,26,28,30)/t15-,17+,19+/m0/s1. The number of nitrogens with one attached hydrogen (secondary N) is 1. The van der Waals surface area contributed by atoms with Crippen molar-refractivity contribution in [2.24, 2.45) is 5.92 Å². The average molecular weight is 420 g/mol. The predicted molar refractivity (Wildman–Crippen MR) is 114 cm³/mol. The van der Waals surface area contributed by atoms with E-state index >= 15 is 0 Å². The monoisotopic (exact) mass is 420 g/mol. The van der Waals surface area contributed by atoms with Gasteiger partial charge in [0.15, 0.2) is 12.0 Å². The maximum absolute atomic E-state index is 13.2. The number of benzene rings is 1. The molecule has 1 fully saturated rings. The molecule has 4 aromatic rings. The fourth-order valence-electron chi connectivity index (χ4n) is 3.81. The number of rotatable bonds is 5. The Labute approximate surface area is 177 Å². The highest BCUT2D eigenvalue weighted by Gasteiger charge is 2.43. The summed E-state index contributed by atoms with van der Waals surface area (Å²) < 4.78 is 18.8. The molecular weight excluding hydrogens is 399 g/mol. The van der Waals surface area contributed by atoms with Crippen molar-refractivity contribution in [2.45, 2.75) is 39.0 Å². The van der Waals surface area contributed by atoms with Crippen LogP contribution >= 0.6 is 0 Å². The molecule has 0 aliphatic heterocycles. The number of halogens is 1. The number of carbonyl (C=O) groups excluding carboxylic acids is 1. The van der Waals surface area contributed by atoms with Crippen LogP contribution in [0.4, 0.5) is 10.2 Å². The van der Waals surface area contributed by atoms with E-state index < -0.39 is 18.2 Å². The molecule has 0 saturated heterocycles. The highest BCUT2D eigenvalue weighted by molar-refractivity contribution is 6.10. The first-order chi connectivity index (χ1) is 15.0. The van der Waals surface area contributed by atoms with Gasteiger partial charge in [-0.15, -0.1) is 0 Å². The number of hydrogen-bond acceptors (Lipinski definition) is 6. The van der Waals surface area contributed by atoms with Crippen LogP contribution in [0, 0.1) is 12.8 Å². The van der Waals surface area contributed by atoms with Crippen LogP contribution in [-0.2, 0) is 4.79 Å². The molecule has 2 N–H and O–H groups in total. The lowest BCUT2D eigenvalue weighted by atomic mass is 9.97. The lowest BCUT2D eigenvalue weighted by Crippen LogP contribution is -2.15. The van der Waals surface area contributed by atoms with E-state index in [4.69, 9.17) is 4.42 Å². The molecule has 8 heteroatoms. The molecule has 0 spiro atoms. The molecule has 1 saturated carbocycles. The summed E-state index contributed by atoms with van der Waals surface area (Å²) in [6, 6.07) is 5.55. The van der Waals surface area contributed by atoms with Gasteiger partial charge in [-0.1, -0.05) is 6.92 Å². The van der Waals surface area contributed by atoms with Crippen molar-refractivity contribution in [1.29, 1.82) is 0 Å². The summed E-state index contributed by atoms with van der Waals surface area (Å²) in [7, 11) is 0. The van der Waals surface area contributed by atoms with Gasteiger partial charge in [0, 0.05) is 34.3 Å². The maximum atomic E-state index is 13.2. The molecule has 1 aliphatic rings. The zero-order chi connectivity index (χ0) is 21.7. The molecule has 1 amide bonds. The molecule has 31 heavy (non-hydrogen) atoms. The summed E-state index contributed by atoms with van der Waals surface area (Å²) >= 11 is 0. The normalized spacial score (nSPS) is 19.0. The van der Waals surface area contributed by atoms with Gasteiger partial charge in [-0.3, -0.25) is 9.78 Å². The highest BCUT2D eigenvalue weighted by Crippen LogP contribution is 2.37. The van der Waals surface area contributed by atoms with Gasteiger partial charge >= 0.3 is 0 Å². The number of aliphatic hydroxyl groups is 1. The minimum atomic E-state index is -1.06. The second-order valence-corrected chi connectivity index (χ2v) is 7.94. The van der Waals surface area contributed by atoms with Crippen LogP contribution in [0.25, 0.3) is 33.0 Å². The Hall–Kier alpha value is -3.39. The molecule has 5 rings (SSSR count). The number of carbonyl (C=O) groups is 1. The fourth-order valence-corrected chi connectivity index (χ4v) is 3.81. The van der Waals surface area contributed by atoms with Crippen molar-refractivity contribution in [3.05, 3.63) is 48.2 Å². The van der Waals surface area contributed by atoms with Gasteiger partial charge in [0.05, 0.1) is 17.7 Å². The van der Waals surface area contributed by atoms with E-state index in [1.165, 1.54) is 6.39 Å². The summed E-state index contributed by atoms with van der Waals surface area (Å²) in [4.78, 5) is 25.2. The van der Waals surface area contributed by atoms with E-state index in [1.54, 1.807) is 18.5 Å². The Balaban J connectivity index is 1.58. The Morgan fingerprint density at radius 3 is 2.77 bits per heavy atom. The SMILES string of the molecule is CC[C@@H](O)c1cc(C)c(-c2cc3cnc(NC(=O)[C@H]4C[C@H]4F)cc3c3ocnc23)cn1. The van der Waals surface area contributed by atoms with Gasteiger partial charge in [0.2, 0.25) is 5.91 Å². The molecule has 3 heterocycles. The molecule has 0 unspecified atom stereocenters. The number of aliphatic hydroxyl groups excluding tert-OH is 1. The molecule has 0 radical (unpaired) electrons. The third-order valence-electron chi connectivity index (χ3n) is 5.75. The molecule has 1 aromatic carbocycles. The van der Waals surface area contributed by atoms with Crippen LogP contribution in [0.1, 0.15) is 37.1 Å². The van der Waals surface area contributed by atoms with Crippen molar-refractivity contribution >= 4 is 33.6 Å². The van der Waals surface area contributed by atoms with E-state index in [2.05, 4.69) is 20.3 Å². The fraction of sp³-hybridized carbons (Fsp3) is 0.304. The van der Waals surface area contributed by atoms with Gasteiger partial charge < -0.3 is 14.8 Å². The Morgan fingerprint density at radius 1 is 1.26 bits per heavy atom. The van der Waals surface area contributed by atoms with Crippen LogP contribution in [0.3, 0.4) is 0 Å². The van der Waals surface area contributed by atoms with Gasteiger partial charge in [-0.2, -0.15) is 0 Å². The molecule has 3 atom stereocenters. The third kappa shape index (κ3) is 3.42. The summed E-state index contributed by atoms with van der Waals surface area (Å²) in [6.07, 6.45) is 3.95. The Morgan fingerprint density at radius 2 is 2.06 bits per heavy atom. The lowest BCUT2D eigenvalue weighted by molar-refractivity contribution is -0.117. The summed E-state index contributed by atoms with van der Waals surface area (Å²) in [5.41, 5.74) is 4.55. The van der Waals surface area contributed by atoms with Crippen LogP contribution in [0.5, 0.6) is 0 Å². The van der Waals surface area contributed by atoms with Crippen molar-refractivity contribution in [3.63, 3.8) is 0 Å². The number of hydrogen-bond donors (Lipinski definition) is 2. The molecule has 0 bridgehead atoms. The highest BCUT2D eigenvalue weighted by atomic mass is 19.1. The van der Waals surface area contributed by atoms with Crippen molar-refractivity contribution in [2.75, 3.05) is 5.32 Å². The van der Waals surface area contributed by atoms with Crippen molar-refractivity contribution in [1.82, 2.24) is 15.0 Å². The molecule has 1 aliphatic carbocycles. The number of alkyl halides is 1. The number of fused-ring (bicyclic) bond motifs is 3. The molecule has 3 aromatic heterocycles. The number of pyridine rings is 2. The maximum Gasteiger partial charge on any atom is 0.231 e. The topological polar surface area (TPSA) is 101 Å². The molecule has 158 valence electrons. The molecular formula is C23H21FN4O3. The first-order valence-corrected chi connectivity index (χ1v) is 10.2.